The monoisotopic (exact) mass is 300 g/mol. The normalized spacial score (nSPS) is 26.1. The van der Waals surface area contributed by atoms with Crippen molar-refractivity contribution in [2.45, 2.75) is 39.0 Å². The van der Waals surface area contributed by atoms with E-state index in [1.165, 1.54) is 0 Å². The zero-order valence-corrected chi connectivity index (χ0v) is 12.6. The molecule has 1 aliphatic rings. The Morgan fingerprint density at radius 1 is 1.37 bits per heavy atom. The van der Waals surface area contributed by atoms with Crippen molar-refractivity contribution in [3.63, 3.8) is 0 Å². The first-order valence-corrected chi connectivity index (χ1v) is 7.24. The third-order valence-corrected chi connectivity index (χ3v) is 4.92. The van der Waals surface area contributed by atoms with Crippen molar-refractivity contribution in [3.8, 4) is 0 Å². The lowest BCUT2D eigenvalue weighted by atomic mass is 9.65. The molecular formula is C15H18Cl2O2. The Hall–Kier alpha value is -0.730. The van der Waals surface area contributed by atoms with Crippen LogP contribution in [0.25, 0.3) is 0 Å². The Bertz CT molecular complexity index is 497. The fraction of sp³-hybridized carbons (Fsp3) is 0.533. The van der Waals surface area contributed by atoms with E-state index in [9.17, 15) is 9.90 Å². The SMILES string of the molecule is CC1(C)CCC(C(=O)O)C(c2cccc(Cl)c2Cl)C1. The summed E-state index contributed by atoms with van der Waals surface area (Å²) in [5, 5.41) is 10.4. The van der Waals surface area contributed by atoms with E-state index >= 15 is 0 Å². The van der Waals surface area contributed by atoms with Gasteiger partial charge in [-0.05, 0) is 42.2 Å². The summed E-state index contributed by atoms with van der Waals surface area (Å²) in [5.74, 6) is -1.17. The number of carboxylic acids is 1. The molecule has 2 atom stereocenters. The molecule has 1 saturated carbocycles. The minimum absolute atomic E-state index is 0.0625. The molecule has 1 aromatic rings. The molecule has 104 valence electrons. The Balaban J connectivity index is 2.42. The maximum absolute atomic E-state index is 11.5. The van der Waals surface area contributed by atoms with Gasteiger partial charge in [-0.3, -0.25) is 4.79 Å². The van der Waals surface area contributed by atoms with Gasteiger partial charge in [0.2, 0.25) is 0 Å². The van der Waals surface area contributed by atoms with Crippen LogP contribution in [0.3, 0.4) is 0 Å². The van der Waals surface area contributed by atoms with Crippen LogP contribution in [0.2, 0.25) is 10.0 Å². The van der Waals surface area contributed by atoms with Crippen molar-refractivity contribution in [3.05, 3.63) is 33.8 Å². The molecule has 0 bridgehead atoms. The highest BCUT2D eigenvalue weighted by Gasteiger charge is 2.40. The number of carbonyl (C=O) groups is 1. The van der Waals surface area contributed by atoms with Crippen molar-refractivity contribution in [1.82, 2.24) is 0 Å². The predicted molar refractivity (Wildman–Crippen MR) is 78.0 cm³/mol. The van der Waals surface area contributed by atoms with Gasteiger partial charge < -0.3 is 5.11 Å². The highest BCUT2D eigenvalue weighted by molar-refractivity contribution is 6.42. The summed E-state index contributed by atoms with van der Waals surface area (Å²) < 4.78 is 0. The van der Waals surface area contributed by atoms with Crippen LogP contribution in [0, 0.1) is 11.3 Å². The second kappa shape index (κ2) is 5.34. The summed E-state index contributed by atoms with van der Waals surface area (Å²) in [5.41, 5.74) is 1.01. The van der Waals surface area contributed by atoms with Gasteiger partial charge >= 0.3 is 5.97 Å². The molecule has 1 N–H and O–H groups in total. The zero-order valence-electron chi connectivity index (χ0n) is 11.1. The van der Waals surface area contributed by atoms with Crippen molar-refractivity contribution >= 4 is 29.2 Å². The van der Waals surface area contributed by atoms with E-state index in [0.29, 0.717) is 16.5 Å². The van der Waals surface area contributed by atoms with E-state index in [1.807, 2.05) is 12.1 Å². The van der Waals surface area contributed by atoms with E-state index in [4.69, 9.17) is 23.2 Å². The molecule has 0 amide bonds. The number of carboxylic acid groups (broad SMARTS) is 1. The summed E-state index contributed by atoms with van der Waals surface area (Å²) in [7, 11) is 0. The molecule has 2 rings (SSSR count). The third-order valence-electron chi connectivity index (χ3n) is 4.09. The lowest BCUT2D eigenvalue weighted by Crippen LogP contribution is -2.33. The maximum Gasteiger partial charge on any atom is 0.307 e. The Kier molecular flexibility index (Phi) is 4.12. The first kappa shape index (κ1) is 14.7. The van der Waals surface area contributed by atoms with E-state index < -0.39 is 5.97 Å². The largest absolute Gasteiger partial charge is 0.481 e. The molecule has 19 heavy (non-hydrogen) atoms. The summed E-state index contributed by atoms with van der Waals surface area (Å²) in [6.45, 7) is 4.35. The van der Waals surface area contributed by atoms with Gasteiger partial charge in [-0.1, -0.05) is 49.2 Å². The van der Waals surface area contributed by atoms with Crippen molar-refractivity contribution in [2.24, 2.45) is 11.3 Å². The molecule has 4 heteroatoms. The van der Waals surface area contributed by atoms with Crippen LogP contribution in [0.5, 0.6) is 0 Å². The fourth-order valence-corrected chi connectivity index (χ4v) is 3.46. The smallest absolute Gasteiger partial charge is 0.307 e. The number of benzene rings is 1. The van der Waals surface area contributed by atoms with Gasteiger partial charge in [-0.2, -0.15) is 0 Å². The van der Waals surface area contributed by atoms with Gasteiger partial charge in [-0.25, -0.2) is 0 Å². The van der Waals surface area contributed by atoms with Crippen LogP contribution in [-0.4, -0.2) is 11.1 Å². The van der Waals surface area contributed by atoms with E-state index in [2.05, 4.69) is 13.8 Å². The average Bonchev–Trinajstić information content (AvgIpc) is 2.31. The van der Waals surface area contributed by atoms with Crippen LogP contribution >= 0.6 is 23.2 Å². The molecule has 0 aromatic heterocycles. The first-order valence-electron chi connectivity index (χ1n) is 6.48. The van der Waals surface area contributed by atoms with E-state index in [0.717, 1.165) is 18.4 Å². The molecule has 0 radical (unpaired) electrons. The van der Waals surface area contributed by atoms with Gasteiger partial charge in [0.25, 0.3) is 0 Å². The van der Waals surface area contributed by atoms with E-state index in [1.54, 1.807) is 6.07 Å². The summed E-state index contributed by atoms with van der Waals surface area (Å²) in [6.07, 6.45) is 2.44. The number of halogens is 2. The number of aliphatic carboxylic acids is 1. The number of rotatable bonds is 2. The minimum atomic E-state index is -0.739. The van der Waals surface area contributed by atoms with Crippen LogP contribution in [0.15, 0.2) is 18.2 Å². The fourth-order valence-electron chi connectivity index (χ4n) is 3.02. The lowest BCUT2D eigenvalue weighted by Gasteiger charge is -2.39. The van der Waals surface area contributed by atoms with Gasteiger partial charge in [0.05, 0.1) is 16.0 Å². The van der Waals surface area contributed by atoms with Crippen LogP contribution in [0.1, 0.15) is 44.6 Å². The number of hydrogen-bond donors (Lipinski definition) is 1. The van der Waals surface area contributed by atoms with Gasteiger partial charge in [0.15, 0.2) is 0 Å². The molecule has 1 aliphatic carbocycles. The highest BCUT2D eigenvalue weighted by Crippen LogP contribution is 2.49. The van der Waals surface area contributed by atoms with Crippen LogP contribution in [0.4, 0.5) is 0 Å². The van der Waals surface area contributed by atoms with Gasteiger partial charge in [0.1, 0.15) is 0 Å². The molecule has 0 aliphatic heterocycles. The highest BCUT2D eigenvalue weighted by atomic mass is 35.5. The van der Waals surface area contributed by atoms with Gasteiger partial charge in [-0.15, -0.1) is 0 Å². The molecule has 1 aromatic carbocycles. The maximum atomic E-state index is 11.5. The average molecular weight is 301 g/mol. The summed E-state index contributed by atoms with van der Waals surface area (Å²) in [6, 6.07) is 5.47. The molecule has 2 nitrogen and oxygen atoms in total. The zero-order chi connectivity index (χ0) is 14.2. The van der Waals surface area contributed by atoms with Gasteiger partial charge in [0, 0.05) is 0 Å². The topological polar surface area (TPSA) is 37.3 Å². The number of hydrogen-bond acceptors (Lipinski definition) is 1. The molecule has 0 heterocycles. The second-order valence-corrected chi connectivity index (χ2v) is 6.89. The lowest BCUT2D eigenvalue weighted by molar-refractivity contribution is -0.144. The summed E-state index contributed by atoms with van der Waals surface area (Å²) >= 11 is 12.3. The van der Waals surface area contributed by atoms with Crippen molar-refractivity contribution in [2.75, 3.05) is 0 Å². The molecule has 0 saturated heterocycles. The van der Waals surface area contributed by atoms with Crippen LogP contribution < -0.4 is 0 Å². The summed E-state index contributed by atoms with van der Waals surface area (Å²) in [4.78, 5) is 11.5. The quantitative estimate of drug-likeness (QED) is 0.835. The van der Waals surface area contributed by atoms with E-state index in [-0.39, 0.29) is 17.3 Å². The van der Waals surface area contributed by atoms with Crippen molar-refractivity contribution < 1.29 is 9.90 Å². The standard InChI is InChI=1S/C15H18Cl2O2/c1-15(2)7-6-10(14(18)19)11(8-15)9-4-3-5-12(16)13(9)17/h3-5,10-11H,6-8H2,1-2H3,(H,18,19). The third kappa shape index (κ3) is 3.06. The first-order chi connectivity index (χ1) is 8.82. The molecular weight excluding hydrogens is 283 g/mol. The van der Waals surface area contributed by atoms with Crippen LogP contribution in [-0.2, 0) is 4.79 Å². The second-order valence-electron chi connectivity index (χ2n) is 6.10. The Morgan fingerprint density at radius 2 is 2.05 bits per heavy atom. The molecule has 2 unspecified atom stereocenters. The Labute approximate surface area is 123 Å². The molecule has 1 fully saturated rings. The predicted octanol–water partition coefficient (Wildman–Crippen LogP) is 4.99. The van der Waals surface area contributed by atoms with Crippen molar-refractivity contribution in [1.29, 1.82) is 0 Å². The molecule has 0 spiro atoms. The minimum Gasteiger partial charge on any atom is -0.481 e. The Morgan fingerprint density at radius 3 is 2.68 bits per heavy atom.